The van der Waals surface area contributed by atoms with E-state index in [0.29, 0.717) is 4.47 Å². The van der Waals surface area contributed by atoms with Crippen molar-refractivity contribution < 1.29 is 4.39 Å². The summed E-state index contributed by atoms with van der Waals surface area (Å²) in [6.45, 7) is 0.919. The summed E-state index contributed by atoms with van der Waals surface area (Å²) in [5.41, 5.74) is 0.989. The summed E-state index contributed by atoms with van der Waals surface area (Å²) >= 11 is 3.22. The average molecular weight is 387 g/mol. The van der Waals surface area contributed by atoms with Crippen LogP contribution in [0.15, 0.2) is 59.6 Å². The highest BCUT2D eigenvalue weighted by molar-refractivity contribution is 9.10. The molecule has 4 nitrogen and oxygen atoms in total. The highest BCUT2D eigenvalue weighted by Crippen LogP contribution is 2.36. The van der Waals surface area contributed by atoms with Crippen LogP contribution < -0.4 is 4.90 Å². The lowest BCUT2D eigenvalue weighted by atomic mass is 10.0. The summed E-state index contributed by atoms with van der Waals surface area (Å²) in [5.74, 6) is 1.52. The summed E-state index contributed by atoms with van der Waals surface area (Å²) in [4.78, 5) is 11.1. The van der Waals surface area contributed by atoms with Gasteiger partial charge in [0.15, 0.2) is 0 Å². The van der Waals surface area contributed by atoms with Gasteiger partial charge in [0.2, 0.25) is 0 Å². The predicted molar refractivity (Wildman–Crippen MR) is 94.8 cm³/mol. The zero-order valence-electron chi connectivity index (χ0n) is 12.9. The fourth-order valence-corrected chi connectivity index (χ4v) is 3.46. The third kappa shape index (κ3) is 2.82. The van der Waals surface area contributed by atoms with E-state index in [1.54, 1.807) is 24.7 Å². The number of aromatic nitrogens is 3. The Hall–Kier alpha value is -2.21. The lowest BCUT2D eigenvalue weighted by Gasteiger charge is -2.26. The average Bonchev–Trinajstić information content (AvgIpc) is 3.29. The van der Waals surface area contributed by atoms with Crippen molar-refractivity contribution in [3.63, 3.8) is 0 Å². The first-order chi connectivity index (χ1) is 11.7. The molecule has 0 radical (unpaired) electrons. The molecule has 1 aliphatic heterocycles. The van der Waals surface area contributed by atoms with Gasteiger partial charge in [0.1, 0.15) is 23.8 Å². The fourth-order valence-electron chi connectivity index (χ4n) is 3.22. The quantitative estimate of drug-likeness (QED) is 0.663. The van der Waals surface area contributed by atoms with E-state index in [1.165, 1.54) is 0 Å². The van der Waals surface area contributed by atoms with Crippen molar-refractivity contribution in [3.8, 4) is 5.82 Å². The van der Waals surface area contributed by atoms with Crippen LogP contribution in [0.2, 0.25) is 0 Å². The summed E-state index contributed by atoms with van der Waals surface area (Å²) in [6, 6.07) is 11.5. The Morgan fingerprint density at radius 2 is 2.04 bits per heavy atom. The molecule has 2 aromatic heterocycles. The van der Waals surface area contributed by atoms with Crippen LogP contribution in [0.25, 0.3) is 5.82 Å². The molecule has 3 heterocycles. The minimum atomic E-state index is -0.223. The van der Waals surface area contributed by atoms with Gasteiger partial charge in [0.05, 0.1) is 10.5 Å². The highest BCUT2D eigenvalue weighted by Gasteiger charge is 2.27. The van der Waals surface area contributed by atoms with Crippen molar-refractivity contribution in [2.24, 2.45) is 0 Å². The predicted octanol–water partition coefficient (Wildman–Crippen LogP) is 4.51. The second kappa shape index (κ2) is 6.36. The van der Waals surface area contributed by atoms with Crippen LogP contribution >= 0.6 is 15.9 Å². The topological polar surface area (TPSA) is 34.0 Å². The number of imidazole rings is 1. The van der Waals surface area contributed by atoms with Crippen molar-refractivity contribution in [2.75, 3.05) is 11.4 Å². The first-order valence-electron chi connectivity index (χ1n) is 7.89. The largest absolute Gasteiger partial charge is 0.350 e. The van der Waals surface area contributed by atoms with Crippen molar-refractivity contribution in [3.05, 3.63) is 71.0 Å². The van der Waals surface area contributed by atoms with Gasteiger partial charge in [-0.05, 0) is 58.6 Å². The molecule has 0 aliphatic carbocycles. The van der Waals surface area contributed by atoms with Crippen molar-refractivity contribution in [1.29, 1.82) is 0 Å². The van der Waals surface area contributed by atoms with Gasteiger partial charge < -0.3 is 4.90 Å². The van der Waals surface area contributed by atoms with Gasteiger partial charge in [-0.15, -0.1) is 0 Å². The van der Waals surface area contributed by atoms with Gasteiger partial charge in [0, 0.05) is 18.9 Å². The standard InChI is InChI=1S/C18H16BrFN4/c19-14-7-6-13(11-15(14)20)16-3-2-9-24(16)18-5-1-4-17(22-18)23-10-8-21-12-23/h1,4-8,10-12,16H,2-3,9H2. The number of anilines is 1. The summed E-state index contributed by atoms with van der Waals surface area (Å²) in [5, 5.41) is 0. The van der Waals surface area contributed by atoms with E-state index in [1.807, 2.05) is 35.0 Å². The molecule has 24 heavy (non-hydrogen) atoms. The van der Waals surface area contributed by atoms with Gasteiger partial charge in [-0.3, -0.25) is 4.57 Å². The maximum Gasteiger partial charge on any atom is 0.140 e. The molecule has 6 heteroatoms. The van der Waals surface area contributed by atoms with Crippen LogP contribution in [0.1, 0.15) is 24.4 Å². The molecule has 1 aliphatic rings. The molecule has 0 amide bonds. The van der Waals surface area contributed by atoms with Crippen LogP contribution in [-0.2, 0) is 0 Å². The summed E-state index contributed by atoms with van der Waals surface area (Å²) < 4.78 is 16.3. The smallest absolute Gasteiger partial charge is 0.140 e. The first kappa shape index (κ1) is 15.3. The minimum absolute atomic E-state index is 0.151. The highest BCUT2D eigenvalue weighted by atomic mass is 79.9. The van der Waals surface area contributed by atoms with Gasteiger partial charge in [-0.1, -0.05) is 12.1 Å². The maximum absolute atomic E-state index is 13.9. The molecule has 0 N–H and O–H groups in total. The van der Waals surface area contributed by atoms with Gasteiger partial charge in [-0.2, -0.15) is 0 Å². The number of benzene rings is 1. The lowest BCUT2D eigenvalue weighted by molar-refractivity contribution is 0.612. The van der Waals surface area contributed by atoms with Crippen LogP contribution in [-0.4, -0.2) is 21.1 Å². The van der Waals surface area contributed by atoms with Crippen LogP contribution in [0, 0.1) is 5.82 Å². The number of nitrogens with zero attached hydrogens (tertiary/aromatic N) is 4. The molecule has 1 fully saturated rings. The first-order valence-corrected chi connectivity index (χ1v) is 8.68. The molecule has 1 atom stereocenters. The Morgan fingerprint density at radius 3 is 2.83 bits per heavy atom. The maximum atomic E-state index is 13.9. The molecule has 1 aromatic carbocycles. The SMILES string of the molecule is Fc1cc(C2CCCN2c2cccc(-n3ccnc3)n2)ccc1Br. The molecule has 0 spiro atoms. The molecule has 122 valence electrons. The summed E-state index contributed by atoms with van der Waals surface area (Å²) in [6.07, 6.45) is 7.41. The van der Waals surface area contributed by atoms with Crippen molar-refractivity contribution in [1.82, 2.24) is 14.5 Å². The molecule has 0 saturated carbocycles. The Balaban J connectivity index is 1.68. The number of pyridine rings is 1. The third-order valence-corrected chi connectivity index (χ3v) is 5.01. The number of hydrogen-bond donors (Lipinski definition) is 0. The number of halogens is 2. The van der Waals surface area contributed by atoms with Crippen LogP contribution in [0.4, 0.5) is 10.2 Å². The number of hydrogen-bond acceptors (Lipinski definition) is 3. The lowest BCUT2D eigenvalue weighted by Crippen LogP contribution is -2.24. The second-order valence-electron chi connectivity index (χ2n) is 5.85. The molecule has 3 aromatic rings. The molecular formula is C18H16BrFN4. The Kier molecular flexibility index (Phi) is 4.06. The van der Waals surface area contributed by atoms with E-state index in [0.717, 1.165) is 36.6 Å². The molecule has 1 unspecified atom stereocenters. The number of rotatable bonds is 3. The zero-order chi connectivity index (χ0) is 16.5. The normalized spacial score (nSPS) is 17.4. The van der Waals surface area contributed by atoms with E-state index in [-0.39, 0.29) is 11.9 Å². The van der Waals surface area contributed by atoms with E-state index < -0.39 is 0 Å². The Morgan fingerprint density at radius 1 is 1.17 bits per heavy atom. The van der Waals surface area contributed by atoms with Crippen LogP contribution in [0.3, 0.4) is 0 Å². The summed E-state index contributed by atoms with van der Waals surface area (Å²) in [7, 11) is 0. The van der Waals surface area contributed by atoms with Gasteiger partial charge in [-0.25, -0.2) is 14.4 Å². The van der Waals surface area contributed by atoms with E-state index in [2.05, 4.69) is 25.8 Å². The monoisotopic (exact) mass is 386 g/mol. The fraction of sp³-hybridized carbons (Fsp3) is 0.222. The Labute approximate surface area is 148 Å². The minimum Gasteiger partial charge on any atom is -0.350 e. The van der Waals surface area contributed by atoms with E-state index >= 15 is 0 Å². The molecule has 1 saturated heterocycles. The Bertz CT molecular complexity index is 850. The van der Waals surface area contributed by atoms with Crippen molar-refractivity contribution in [2.45, 2.75) is 18.9 Å². The van der Waals surface area contributed by atoms with Gasteiger partial charge >= 0.3 is 0 Å². The van der Waals surface area contributed by atoms with Gasteiger partial charge in [0.25, 0.3) is 0 Å². The third-order valence-electron chi connectivity index (χ3n) is 4.36. The molecule has 0 bridgehead atoms. The zero-order valence-corrected chi connectivity index (χ0v) is 14.5. The molecule has 4 rings (SSSR count). The van der Waals surface area contributed by atoms with Crippen LogP contribution in [0.5, 0.6) is 0 Å². The van der Waals surface area contributed by atoms with E-state index in [4.69, 9.17) is 4.98 Å². The van der Waals surface area contributed by atoms with Crippen molar-refractivity contribution >= 4 is 21.7 Å². The molecular weight excluding hydrogens is 371 g/mol. The second-order valence-corrected chi connectivity index (χ2v) is 6.70. The van der Waals surface area contributed by atoms with E-state index in [9.17, 15) is 4.39 Å².